The Labute approximate surface area is 189 Å². The molecule has 164 valence electrons. The molecular weight excluding hydrogens is 414 g/mol. The average molecular weight is 443 g/mol. The van der Waals surface area contributed by atoms with E-state index in [1.165, 1.54) is 37.0 Å². The fourth-order valence-electron chi connectivity index (χ4n) is 3.54. The summed E-state index contributed by atoms with van der Waals surface area (Å²) in [5, 5.41) is 0.499. The van der Waals surface area contributed by atoms with Crippen LogP contribution in [0.2, 0.25) is 5.02 Å². The second-order valence-electron chi connectivity index (χ2n) is 7.79. The van der Waals surface area contributed by atoms with E-state index in [0.29, 0.717) is 17.2 Å². The van der Waals surface area contributed by atoms with Gasteiger partial charge < -0.3 is 4.74 Å². The number of ether oxygens (including phenoxy) is 1. The van der Waals surface area contributed by atoms with E-state index in [9.17, 15) is 8.78 Å². The largest absolute Gasteiger partial charge is 0.490 e. The molecule has 0 spiro atoms. The van der Waals surface area contributed by atoms with Crippen LogP contribution < -0.4 is 4.74 Å². The molecule has 0 N–H and O–H groups in total. The highest BCUT2D eigenvalue weighted by atomic mass is 35.5. The molecule has 3 aromatic rings. The highest BCUT2D eigenvalue weighted by Crippen LogP contribution is 2.35. The maximum absolute atomic E-state index is 14.7. The molecule has 0 unspecified atom stereocenters. The molecule has 0 aromatic heterocycles. The number of halogens is 3. The Morgan fingerprint density at radius 2 is 1.42 bits per heavy atom. The topological polar surface area (TPSA) is 9.23 Å². The van der Waals surface area contributed by atoms with Crippen LogP contribution in [-0.2, 0) is 6.42 Å². The molecule has 0 aliphatic rings. The first-order valence-corrected chi connectivity index (χ1v) is 11.4. The van der Waals surface area contributed by atoms with E-state index in [0.717, 1.165) is 30.4 Å². The number of unbranched alkanes of at least 4 members (excludes halogenated alkanes) is 3. The van der Waals surface area contributed by atoms with E-state index in [1.807, 2.05) is 13.0 Å². The summed E-state index contributed by atoms with van der Waals surface area (Å²) in [5.74, 6) is -1.95. The summed E-state index contributed by atoms with van der Waals surface area (Å²) in [5.41, 5.74) is 3.87. The van der Waals surface area contributed by atoms with E-state index in [1.54, 1.807) is 12.1 Å². The third-order valence-electron chi connectivity index (χ3n) is 5.42. The monoisotopic (exact) mass is 442 g/mol. The summed E-state index contributed by atoms with van der Waals surface area (Å²) in [4.78, 5) is 0. The smallest absolute Gasteiger partial charge is 0.201 e. The van der Waals surface area contributed by atoms with E-state index in [2.05, 4.69) is 31.2 Å². The molecule has 0 fully saturated rings. The maximum atomic E-state index is 14.7. The van der Waals surface area contributed by atoms with Gasteiger partial charge in [0.05, 0.1) is 6.61 Å². The lowest BCUT2D eigenvalue weighted by Crippen LogP contribution is -2.01. The Morgan fingerprint density at radius 3 is 2.10 bits per heavy atom. The Hall–Kier alpha value is -2.39. The molecule has 0 amide bonds. The molecule has 0 atom stereocenters. The summed E-state index contributed by atoms with van der Waals surface area (Å²) in [6.07, 6.45) is 6.42. The summed E-state index contributed by atoms with van der Waals surface area (Å²) in [6.45, 7) is 4.58. The highest BCUT2D eigenvalue weighted by Gasteiger charge is 2.17. The van der Waals surface area contributed by atoms with Crippen LogP contribution in [0.5, 0.6) is 5.75 Å². The molecule has 3 aromatic carbocycles. The predicted molar refractivity (Wildman–Crippen MR) is 126 cm³/mol. The van der Waals surface area contributed by atoms with Crippen LogP contribution in [0.15, 0.2) is 54.6 Å². The van der Waals surface area contributed by atoms with Crippen molar-refractivity contribution in [3.8, 4) is 28.0 Å². The highest BCUT2D eigenvalue weighted by molar-refractivity contribution is 6.33. The molecule has 4 heteroatoms. The van der Waals surface area contributed by atoms with Crippen LogP contribution in [0.4, 0.5) is 8.78 Å². The number of benzene rings is 3. The van der Waals surface area contributed by atoms with Crippen molar-refractivity contribution < 1.29 is 13.5 Å². The Balaban J connectivity index is 1.80. The first-order chi connectivity index (χ1) is 15.0. The van der Waals surface area contributed by atoms with E-state index < -0.39 is 11.6 Å². The zero-order valence-electron chi connectivity index (χ0n) is 18.2. The van der Waals surface area contributed by atoms with Crippen LogP contribution in [0.25, 0.3) is 22.3 Å². The third kappa shape index (κ3) is 5.86. The van der Waals surface area contributed by atoms with Gasteiger partial charge in [-0.1, -0.05) is 81.1 Å². The SMILES string of the molecule is CCCCCc1ccc(-c2ccc(-c3ccc(OCCCC)c(F)c3F)cc2Cl)cc1. The van der Waals surface area contributed by atoms with Gasteiger partial charge in [0, 0.05) is 16.1 Å². The lowest BCUT2D eigenvalue weighted by atomic mass is 9.98. The Kier molecular flexibility index (Phi) is 8.48. The van der Waals surface area contributed by atoms with Crippen molar-refractivity contribution in [3.05, 3.63) is 76.8 Å². The van der Waals surface area contributed by atoms with Gasteiger partial charge in [0.15, 0.2) is 11.6 Å². The van der Waals surface area contributed by atoms with Gasteiger partial charge in [-0.25, -0.2) is 4.39 Å². The van der Waals surface area contributed by atoms with Gasteiger partial charge in [-0.05, 0) is 54.2 Å². The van der Waals surface area contributed by atoms with Crippen LogP contribution in [0.1, 0.15) is 51.5 Å². The Morgan fingerprint density at radius 1 is 0.742 bits per heavy atom. The molecule has 0 saturated heterocycles. The van der Waals surface area contributed by atoms with Crippen molar-refractivity contribution in [2.75, 3.05) is 6.61 Å². The van der Waals surface area contributed by atoms with Crippen molar-refractivity contribution in [1.29, 1.82) is 0 Å². The molecular formula is C27H29ClF2O. The quantitative estimate of drug-likeness (QED) is 0.285. The minimum atomic E-state index is -0.965. The van der Waals surface area contributed by atoms with E-state index in [4.69, 9.17) is 16.3 Å². The summed E-state index contributed by atoms with van der Waals surface area (Å²) in [6, 6.07) is 16.7. The summed E-state index contributed by atoms with van der Waals surface area (Å²) in [7, 11) is 0. The third-order valence-corrected chi connectivity index (χ3v) is 5.73. The molecule has 0 saturated carbocycles. The lowest BCUT2D eigenvalue weighted by Gasteiger charge is -2.12. The zero-order valence-corrected chi connectivity index (χ0v) is 18.9. The van der Waals surface area contributed by atoms with Gasteiger partial charge in [0.2, 0.25) is 5.82 Å². The molecule has 31 heavy (non-hydrogen) atoms. The van der Waals surface area contributed by atoms with Gasteiger partial charge in [-0.2, -0.15) is 4.39 Å². The molecule has 0 aliphatic carbocycles. The van der Waals surface area contributed by atoms with Crippen LogP contribution >= 0.6 is 11.6 Å². The van der Waals surface area contributed by atoms with E-state index in [-0.39, 0.29) is 11.3 Å². The molecule has 0 radical (unpaired) electrons. The molecule has 3 rings (SSSR count). The van der Waals surface area contributed by atoms with Crippen LogP contribution in [0, 0.1) is 11.6 Å². The second-order valence-corrected chi connectivity index (χ2v) is 8.20. The molecule has 0 aliphatic heterocycles. The minimum absolute atomic E-state index is 0.0588. The second kappa shape index (κ2) is 11.3. The van der Waals surface area contributed by atoms with Crippen molar-refractivity contribution in [2.24, 2.45) is 0 Å². The number of hydrogen-bond donors (Lipinski definition) is 0. The van der Waals surface area contributed by atoms with Crippen LogP contribution in [-0.4, -0.2) is 6.61 Å². The van der Waals surface area contributed by atoms with E-state index >= 15 is 0 Å². The van der Waals surface area contributed by atoms with Crippen molar-refractivity contribution in [1.82, 2.24) is 0 Å². The van der Waals surface area contributed by atoms with Gasteiger partial charge in [-0.15, -0.1) is 0 Å². The first kappa shape index (κ1) is 23.3. The molecule has 0 bridgehead atoms. The van der Waals surface area contributed by atoms with Crippen molar-refractivity contribution in [2.45, 2.75) is 52.4 Å². The Bertz CT molecular complexity index is 999. The van der Waals surface area contributed by atoms with Crippen molar-refractivity contribution >= 4 is 11.6 Å². The normalized spacial score (nSPS) is 11.0. The summed E-state index contributed by atoms with van der Waals surface area (Å²) < 4.78 is 34.5. The molecule has 1 nitrogen and oxygen atoms in total. The average Bonchev–Trinajstić information content (AvgIpc) is 2.78. The molecule has 0 heterocycles. The van der Waals surface area contributed by atoms with Crippen LogP contribution in [0.3, 0.4) is 0 Å². The standard InChI is InChI=1S/C27H29ClF2O/c1-3-5-7-8-19-9-11-20(12-10-19)22-14-13-21(18-24(22)28)23-15-16-25(27(30)26(23)29)31-17-6-4-2/h9-16,18H,3-8,17H2,1-2H3. The van der Waals surface area contributed by atoms with Gasteiger partial charge in [0.1, 0.15) is 0 Å². The lowest BCUT2D eigenvalue weighted by molar-refractivity contribution is 0.289. The van der Waals surface area contributed by atoms with Gasteiger partial charge in [0.25, 0.3) is 0 Å². The van der Waals surface area contributed by atoms with Gasteiger partial charge >= 0.3 is 0 Å². The van der Waals surface area contributed by atoms with Crippen molar-refractivity contribution in [3.63, 3.8) is 0 Å². The number of hydrogen-bond acceptors (Lipinski definition) is 1. The first-order valence-electron chi connectivity index (χ1n) is 11.0. The zero-order chi connectivity index (χ0) is 22.2. The minimum Gasteiger partial charge on any atom is -0.490 e. The fraction of sp³-hybridized carbons (Fsp3) is 0.333. The van der Waals surface area contributed by atoms with Gasteiger partial charge in [-0.3, -0.25) is 0 Å². The number of aryl methyl sites for hydroxylation is 1. The fourth-order valence-corrected chi connectivity index (χ4v) is 3.83. The number of rotatable bonds is 10. The maximum Gasteiger partial charge on any atom is 0.201 e. The summed E-state index contributed by atoms with van der Waals surface area (Å²) >= 11 is 6.52. The predicted octanol–water partition coefficient (Wildman–Crippen LogP) is 8.86.